The predicted molar refractivity (Wildman–Crippen MR) is 84.6 cm³/mol. The SMILES string of the molecule is O=C(NC1(C(=O)O)CCOC1)c1csc(Cc2ccccc2F)n1. The minimum absolute atomic E-state index is 0.0692. The van der Waals surface area contributed by atoms with Crippen molar-refractivity contribution in [3.05, 3.63) is 51.7 Å². The normalized spacial score (nSPS) is 20.0. The summed E-state index contributed by atoms with van der Waals surface area (Å²) in [5.41, 5.74) is -0.796. The van der Waals surface area contributed by atoms with Crippen molar-refractivity contribution in [2.24, 2.45) is 0 Å². The van der Waals surface area contributed by atoms with Crippen LogP contribution in [0.5, 0.6) is 0 Å². The summed E-state index contributed by atoms with van der Waals surface area (Å²) >= 11 is 1.23. The number of carboxylic acids is 1. The number of carbonyl (C=O) groups is 2. The molecule has 1 unspecified atom stereocenters. The second-order valence-corrected chi connectivity index (χ2v) is 6.48. The van der Waals surface area contributed by atoms with Crippen LogP contribution in [-0.2, 0) is 16.0 Å². The van der Waals surface area contributed by atoms with Gasteiger partial charge in [-0.2, -0.15) is 0 Å². The molecule has 1 saturated heterocycles. The van der Waals surface area contributed by atoms with E-state index in [9.17, 15) is 19.1 Å². The minimum Gasteiger partial charge on any atom is -0.479 e. The second-order valence-electron chi connectivity index (χ2n) is 5.54. The van der Waals surface area contributed by atoms with Crippen molar-refractivity contribution in [1.29, 1.82) is 0 Å². The van der Waals surface area contributed by atoms with E-state index in [0.717, 1.165) is 0 Å². The fourth-order valence-electron chi connectivity index (χ4n) is 2.47. The Hall–Kier alpha value is -2.32. The van der Waals surface area contributed by atoms with Crippen LogP contribution in [0.25, 0.3) is 0 Å². The van der Waals surface area contributed by atoms with Gasteiger partial charge in [0, 0.05) is 24.8 Å². The van der Waals surface area contributed by atoms with Gasteiger partial charge < -0.3 is 15.2 Å². The summed E-state index contributed by atoms with van der Waals surface area (Å²) < 4.78 is 18.8. The summed E-state index contributed by atoms with van der Waals surface area (Å²) in [6, 6.07) is 6.37. The van der Waals surface area contributed by atoms with Crippen molar-refractivity contribution in [3.63, 3.8) is 0 Å². The van der Waals surface area contributed by atoms with E-state index >= 15 is 0 Å². The fraction of sp³-hybridized carbons (Fsp3) is 0.312. The highest BCUT2D eigenvalue weighted by molar-refractivity contribution is 7.09. The first kappa shape index (κ1) is 16.5. The fourth-order valence-corrected chi connectivity index (χ4v) is 3.27. The van der Waals surface area contributed by atoms with Crippen LogP contribution in [0.15, 0.2) is 29.6 Å². The van der Waals surface area contributed by atoms with Gasteiger partial charge in [0.1, 0.15) is 11.5 Å². The van der Waals surface area contributed by atoms with Gasteiger partial charge in [-0.25, -0.2) is 14.2 Å². The van der Waals surface area contributed by atoms with E-state index in [1.807, 2.05) is 0 Å². The molecule has 0 spiro atoms. The van der Waals surface area contributed by atoms with Crippen LogP contribution in [0, 0.1) is 5.82 Å². The van der Waals surface area contributed by atoms with Crippen LogP contribution in [0.1, 0.15) is 27.5 Å². The standard InChI is InChI=1S/C16H15FN2O4S/c17-11-4-2-1-3-10(11)7-13-18-12(8-24-13)14(20)19-16(15(21)22)5-6-23-9-16/h1-4,8H,5-7,9H2,(H,19,20)(H,21,22). The number of amides is 1. The van der Waals surface area contributed by atoms with Crippen molar-refractivity contribution < 1.29 is 23.8 Å². The van der Waals surface area contributed by atoms with Gasteiger partial charge in [-0.1, -0.05) is 18.2 Å². The molecule has 1 atom stereocenters. The number of nitrogens with zero attached hydrogens (tertiary/aromatic N) is 1. The summed E-state index contributed by atoms with van der Waals surface area (Å²) in [7, 11) is 0. The number of halogens is 1. The zero-order chi connectivity index (χ0) is 17.2. The van der Waals surface area contributed by atoms with Gasteiger partial charge in [0.15, 0.2) is 5.54 Å². The molecule has 1 aliphatic rings. The van der Waals surface area contributed by atoms with E-state index in [0.29, 0.717) is 10.6 Å². The largest absolute Gasteiger partial charge is 0.479 e. The van der Waals surface area contributed by atoms with E-state index in [1.165, 1.54) is 22.8 Å². The molecule has 0 radical (unpaired) electrons. The van der Waals surface area contributed by atoms with Crippen LogP contribution < -0.4 is 5.32 Å². The van der Waals surface area contributed by atoms with Gasteiger partial charge in [-0.05, 0) is 11.6 Å². The average Bonchev–Trinajstić information content (AvgIpc) is 3.20. The Labute approximate surface area is 141 Å². The number of carbonyl (C=O) groups excluding carboxylic acids is 1. The molecule has 0 aliphatic carbocycles. The Morgan fingerprint density at radius 2 is 2.21 bits per heavy atom. The van der Waals surface area contributed by atoms with Gasteiger partial charge in [-0.3, -0.25) is 4.79 Å². The van der Waals surface area contributed by atoms with Gasteiger partial charge in [0.25, 0.3) is 5.91 Å². The summed E-state index contributed by atoms with van der Waals surface area (Å²) in [6.45, 7) is 0.211. The van der Waals surface area contributed by atoms with Crippen LogP contribution in [0.2, 0.25) is 0 Å². The molecule has 1 aliphatic heterocycles. The lowest BCUT2D eigenvalue weighted by atomic mass is 9.99. The Kier molecular flexibility index (Phi) is 4.59. The highest BCUT2D eigenvalue weighted by Gasteiger charge is 2.44. The zero-order valence-corrected chi connectivity index (χ0v) is 13.4. The number of carboxylic acid groups (broad SMARTS) is 1. The third kappa shape index (κ3) is 3.29. The van der Waals surface area contributed by atoms with Crippen LogP contribution >= 0.6 is 11.3 Å². The summed E-state index contributed by atoms with van der Waals surface area (Å²) in [4.78, 5) is 27.9. The van der Waals surface area contributed by atoms with Crippen LogP contribution in [-0.4, -0.2) is 40.7 Å². The molecule has 126 valence electrons. The van der Waals surface area contributed by atoms with E-state index in [4.69, 9.17) is 4.74 Å². The number of nitrogens with one attached hydrogen (secondary N) is 1. The second kappa shape index (κ2) is 6.66. The van der Waals surface area contributed by atoms with Gasteiger partial charge in [-0.15, -0.1) is 11.3 Å². The van der Waals surface area contributed by atoms with Crippen molar-refractivity contribution >= 4 is 23.2 Å². The van der Waals surface area contributed by atoms with Crippen molar-refractivity contribution in [2.75, 3.05) is 13.2 Å². The maximum atomic E-state index is 13.7. The molecule has 6 nitrogen and oxygen atoms in total. The lowest BCUT2D eigenvalue weighted by Gasteiger charge is -2.22. The first-order valence-electron chi connectivity index (χ1n) is 7.32. The molecule has 1 amide bonds. The number of aliphatic carboxylic acids is 1. The molecule has 1 aromatic carbocycles. The van der Waals surface area contributed by atoms with Crippen molar-refractivity contribution in [3.8, 4) is 0 Å². The molecule has 2 heterocycles. The third-order valence-corrected chi connectivity index (χ3v) is 4.72. The highest BCUT2D eigenvalue weighted by atomic mass is 32.1. The lowest BCUT2D eigenvalue weighted by molar-refractivity contribution is -0.144. The number of thiazole rings is 1. The third-order valence-electron chi connectivity index (χ3n) is 3.87. The number of hydrogen-bond acceptors (Lipinski definition) is 5. The molecule has 2 aromatic rings. The number of benzene rings is 1. The molecule has 8 heteroatoms. The molecule has 24 heavy (non-hydrogen) atoms. The maximum absolute atomic E-state index is 13.7. The van der Waals surface area contributed by atoms with Crippen molar-refractivity contribution in [2.45, 2.75) is 18.4 Å². The predicted octanol–water partition coefficient (Wildman–Crippen LogP) is 1.85. The van der Waals surface area contributed by atoms with Crippen LogP contribution in [0.4, 0.5) is 4.39 Å². The smallest absolute Gasteiger partial charge is 0.331 e. The minimum atomic E-state index is -1.41. The number of ether oxygens (including phenoxy) is 1. The molecule has 3 rings (SSSR count). The topological polar surface area (TPSA) is 88.5 Å². The summed E-state index contributed by atoms with van der Waals surface area (Å²) in [6.07, 6.45) is 0.484. The quantitative estimate of drug-likeness (QED) is 0.859. The lowest BCUT2D eigenvalue weighted by Crippen LogP contribution is -2.55. The first-order chi connectivity index (χ1) is 11.5. The zero-order valence-electron chi connectivity index (χ0n) is 12.6. The van der Waals surface area contributed by atoms with Crippen LogP contribution in [0.3, 0.4) is 0 Å². The van der Waals surface area contributed by atoms with Crippen molar-refractivity contribution in [1.82, 2.24) is 10.3 Å². The Balaban J connectivity index is 1.72. The molecular formula is C16H15FN2O4S. The van der Waals surface area contributed by atoms with E-state index in [1.54, 1.807) is 18.2 Å². The molecule has 2 N–H and O–H groups in total. The Morgan fingerprint density at radius 1 is 1.42 bits per heavy atom. The Bertz CT molecular complexity index is 771. The Morgan fingerprint density at radius 3 is 2.88 bits per heavy atom. The number of rotatable bonds is 5. The van der Waals surface area contributed by atoms with E-state index in [-0.39, 0.29) is 37.6 Å². The van der Waals surface area contributed by atoms with E-state index in [2.05, 4.69) is 10.3 Å². The number of hydrogen-bond donors (Lipinski definition) is 2. The first-order valence-corrected chi connectivity index (χ1v) is 8.20. The molecule has 1 fully saturated rings. The number of aromatic nitrogens is 1. The molecule has 0 bridgehead atoms. The maximum Gasteiger partial charge on any atom is 0.331 e. The van der Waals surface area contributed by atoms with Gasteiger partial charge in [0.05, 0.1) is 11.6 Å². The molecule has 1 aromatic heterocycles. The van der Waals surface area contributed by atoms with Gasteiger partial charge >= 0.3 is 5.97 Å². The molecule has 0 saturated carbocycles. The average molecular weight is 350 g/mol. The van der Waals surface area contributed by atoms with Gasteiger partial charge in [0.2, 0.25) is 0 Å². The molecular weight excluding hydrogens is 335 g/mol. The summed E-state index contributed by atoms with van der Waals surface area (Å²) in [5, 5.41) is 14.0. The summed E-state index contributed by atoms with van der Waals surface area (Å²) in [5.74, 6) is -2.03. The highest BCUT2D eigenvalue weighted by Crippen LogP contribution is 2.21. The monoisotopic (exact) mass is 350 g/mol. The van der Waals surface area contributed by atoms with E-state index < -0.39 is 17.4 Å².